The lowest BCUT2D eigenvalue weighted by Gasteiger charge is -2.13. The fraction of sp³-hybridized carbons (Fsp3) is 0.161. The summed E-state index contributed by atoms with van der Waals surface area (Å²) in [5.41, 5.74) is 3.95. The summed E-state index contributed by atoms with van der Waals surface area (Å²) in [6, 6.07) is 18.2. The fourth-order valence-electron chi connectivity index (χ4n) is 4.42. The summed E-state index contributed by atoms with van der Waals surface area (Å²) in [4.78, 5) is 26.6. The van der Waals surface area contributed by atoms with Crippen molar-refractivity contribution in [3.05, 3.63) is 106 Å². The lowest BCUT2D eigenvalue weighted by atomic mass is 10.1. The molecule has 12 heteroatoms. The third-order valence-corrected chi connectivity index (χ3v) is 7.31. The van der Waals surface area contributed by atoms with E-state index in [2.05, 4.69) is 20.6 Å². The van der Waals surface area contributed by atoms with Gasteiger partial charge in [-0.1, -0.05) is 29.3 Å². The van der Waals surface area contributed by atoms with Crippen molar-refractivity contribution < 1.29 is 18.7 Å². The molecular weight excluding hydrogens is 594 g/mol. The number of carbonyl (C=O) groups excluding carboxylic acids is 1. The number of carbonyl (C=O) groups is 1. The number of anilines is 1. The molecular formula is C31H27Cl2FN6O3. The molecule has 0 aliphatic rings. The molecule has 1 amide bonds. The molecule has 220 valence electrons. The van der Waals surface area contributed by atoms with Crippen LogP contribution in [0.5, 0.6) is 11.5 Å². The second-order valence-electron chi connectivity index (χ2n) is 9.34. The number of ether oxygens (including phenoxy) is 2. The van der Waals surface area contributed by atoms with Gasteiger partial charge in [0.1, 0.15) is 5.82 Å². The minimum atomic E-state index is -0.349. The van der Waals surface area contributed by atoms with Gasteiger partial charge < -0.3 is 24.7 Å². The zero-order chi connectivity index (χ0) is 30.3. The number of nitrogens with one attached hydrogen (secondary N) is 2. The fourth-order valence-corrected chi connectivity index (χ4v) is 4.74. The summed E-state index contributed by atoms with van der Waals surface area (Å²) in [6.07, 6.45) is 3.31. The molecule has 0 aliphatic carbocycles. The number of aromatic nitrogens is 4. The molecule has 2 heterocycles. The van der Waals surface area contributed by atoms with Crippen LogP contribution in [0, 0.1) is 5.82 Å². The second-order valence-corrected chi connectivity index (χ2v) is 10.1. The van der Waals surface area contributed by atoms with Crippen LogP contribution in [0.2, 0.25) is 10.0 Å². The van der Waals surface area contributed by atoms with Gasteiger partial charge in [0.25, 0.3) is 5.91 Å². The maximum Gasteiger partial charge on any atom is 0.251 e. The van der Waals surface area contributed by atoms with E-state index >= 15 is 0 Å². The SMILES string of the molecule is COc1ccc(C(=O)NCCn2cnc(-c3ccc(F)cc3)c2-c2ccnc(NCc3ccc(Cl)c(Cl)c3)n2)cc1OC. The normalized spacial score (nSPS) is 10.8. The minimum Gasteiger partial charge on any atom is -0.493 e. The maximum atomic E-state index is 13.7. The van der Waals surface area contributed by atoms with E-state index < -0.39 is 0 Å². The third-order valence-electron chi connectivity index (χ3n) is 6.57. The number of imidazole rings is 1. The number of rotatable bonds is 11. The van der Waals surface area contributed by atoms with Crippen LogP contribution >= 0.6 is 23.2 Å². The summed E-state index contributed by atoms with van der Waals surface area (Å²) in [6.45, 7) is 1.11. The van der Waals surface area contributed by atoms with E-state index in [4.69, 9.17) is 37.7 Å². The van der Waals surface area contributed by atoms with Gasteiger partial charge in [0, 0.05) is 37.0 Å². The topological polar surface area (TPSA) is 103 Å². The molecule has 0 spiro atoms. The lowest BCUT2D eigenvalue weighted by Crippen LogP contribution is -2.27. The Balaban J connectivity index is 1.38. The van der Waals surface area contributed by atoms with Gasteiger partial charge in [0.05, 0.1) is 47.7 Å². The summed E-state index contributed by atoms with van der Waals surface area (Å²) in [5, 5.41) is 7.08. The van der Waals surface area contributed by atoms with Gasteiger partial charge in [-0.05, 0) is 66.2 Å². The molecule has 0 unspecified atom stereocenters. The van der Waals surface area contributed by atoms with Gasteiger partial charge in [-0.2, -0.15) is 0 Å². The Hall–Kier alpha value is -4.67. The molecule has 3 aromatic carbocycles. The number of amides is 1. The van der Waals surface area contributed by atoms with E-state index in [-0.39, 0.29) is 11.7 Å². The van der Waals surface area contributed by atoms with E-state index in [0.29, 0.717) is 75.3 Å². The smallest absolute Gasteiger partial charge is 0.251 e. The molecule has 5 rings (SSSR count). The van der Waals surface area contributed by atoms with E-state index in [1.807, 2.05) is 10.6 Å². The molecule has 0 saturated carbocycles. The van der Waals surface area contributed by atoms with E-state index in [1.54, 1.807) is 61.1 Å². The average molecular weight is 622 g/mol. The molecule has 0 fully saturated rings. The first-order chi connectivity index (χ1) is 20.9. The molecule has 2 aromatic heterocycles. The Morgan fingerprint density at radius 1 is 0.930 bits per heavy atom. The highest BCUT2D eigenvalue weighted by molar-refractivity contribution is 6.42. The van der Waals surface area contributed by atoms with Crippen molar-refractivity contribution in [2.75, 3.05) is 26.1 Å². The zero-order valence-electron chi connectivity index (χ0n) is 23.3. The number of hydrogen-bond donors (Lipinski definition) is 2. The summed E-state index contributed by atoms with van der Waals surface area (Å²) >= 11 is 12.2. The number of benzene rings is 3. The van der Waals surface area contributed by atoms with E-state index in [9.17, 15) is 9.18 Å². The monoisotopic (exact) mass is 620 g/mol. The van der Waals surface area contributed by atoms with Crippen LogP contribution in [0.3, 0.4) is 0 Å². The van der Waals surface area contributed by atoms with E-state index in [0.717, 1.165) is 5.56 Å². The Bertz CT molecular complexity index is 1750. The van der Waals surface area contributed by atoms with Crippen molar-refractivity contribution in [2.45, 2.75) is 13.1 Å². The highest BCUT2D eigenvalue weighted by Gasteiger charge is 2.18. The minimum absolute atomic E-state index is 0.266. The Kier molecular flexibility index (Phi) is 9.38. The molecule has 0 radical (unpaired) electrons. The Morgan fingerprint density at radius 2 is 1.72 bits per heavy atom. The molecule has 43 heavy (non-hydrogen) atoms. The first-order valence-electron chi connectivity index (χ1n) is 13.2. The lowest BCUT2D eigenvalue weighted by molar-refractivity contribution is 0.0952. The van der Waals surface area contributed by atoms with Crippen LogP contribution in [0.4, 0.5) is 10.3 Å². The largest absolute Gasteiger partial charge is 0.493 e. The van der Waals surface area contributed by atoms with Crippen molar-refractivity contribution >= 4 is 35.1 Å². The van der Waals surface area contributed by atoms with Crippen molar-refractivity contribution in [3.8, 4) is 34.1 Å². The number of methoxy groups -OCH3 is 2. The molecule has 0 bridgehead atoms. The van der Waals surface area contributed by atoms with Gasteiger partial charge in [-0.25, -0.2) is 19.3 Å². The van der Waals surface area contributed by atoms with Gasteiger partial charge in [-0.15, -0.1) is 0 Å². The van der Waals surface area contributed by atoms with Crippen LogP contribution in [-0.2, 0) is 13.1 Å². The average Bonchev–Trinajstić information content (AvgIpc) is 3.45. The van der Waals surface area contributed by atoms with Crippen molar-refractivity contribution in [3.63, 3.8) is 0 Å². The molecule has 0 aliphatic heterocycles. The first-order valence-corrected chi connectivity index (χ1v) is 13.9. The van der Waals surface area contributed by atoms with E-state index in [1.165, 1.54) is 26.4 Å². The second kappa shape index (κ2) is 13.5. The first kappa shape index (κ1) is 29.8. The molecule has 0 atom stereocenters. The quantitative estimate of drug-likeness (QED) is 0.173. The Labute approximate surface area is 257 Å². The van der Waals surface area contributed by atoms with Crippen LogP contribution in [0.1, 0.15) is 15.9 Å². The van der Waals surface area contributed by atoms with Gasteiger partial charge >= 0.3 is 0 Å². The van der Waals surface area contributed by atoms with Crippen LogP contribution in [0.25, 0.3) is 22.6 Å². The molecule has 0 saturated heterocycles. The summed E-state index contributed by atoms with van der Waals surface area (Å²) in [7, 11) is 3.05. The summed E-state index contributed by atoms with van der Waals surface area (Å²) < 4.78 is 26.2. The Morgan fingerprint density at radius 3 is 2.47 bits per heavy atom. The van der Waals surface area contributed by atoms with Crippen LogP contribution < -0.4 is 20.1 Å². The van der Waals surface area contributed by atoms with Gasteiger partial charge in [0.15, 0.2) is 11.5 Å². The predicted octanol–water partition coefficient (Wildman–Crippen LogP) is 6.51. The van der Waals surface area contributed by atoms with Crippen molar-refractivity contribution in [1.29, 1.82) is 0 Å². The van der Waals surface area contributed by atoms with Crippen LogP contribution in [-0.4, -0.2) is 46.2 Å². The molecule has 2 N–H and O–H groups in total. The molecule has 9 nitrogen and oxygen atoms in total. The third kappa shape index (κ3) is 7.04. The van der Waals surface area contributed by atoms with Gasteiger partial charge in [-0.3, -0.25) is 4.79 Å². The number of hydrogen-bond acceptors (Lipinski definition) is 7. The molecule has 5 aromatic rings. The number of nitrogens with zero attached hydrogens (tertiary/aromatic N) is 4. The number of halogens is 3. The predicted molar refractivity (Wildman–Crippen MR) is 164 cm³/mol. The highest BCUT2D eigenvalue weighted by Crippen LogP contribution is 2.31. The van der Waals surface area contributed by atoms with Crippen molar-refractivity contribution in [2.24, 2.45) is 0 Å². The zero-order valence-corrected chi connectivity index (χ0v) is 24.8. The standard InChI is InChI=1S/C31H27Cl2FN6O3/c1-42-26-10-6-21(16-27(26)43-2)30(41)35-13-14-40-18-38-28(20-4-7-22(34)8-5-20)29(40)25-11-12-36-31(39-25)37-17-19-3-9-23(32)24(33)15-19/h3-12,15-16,18H,13-14,17H2,1-2H3,(H,35,41)(H,36,37,39). The summed E-state index contributed by atoms with van der Waals surface area (Å²) in [5.74, 6) is 0.771. The maximum absolute atomic E-state index is 13.7. The van der Waals surface area contributed by atoms with Gasteiger partial charge in [0.2, 0.25) is 5.95 Å². The van der Waals surface area contributed by atoms with Crippen LogP contribution in [0.15, 0.2) is 79.3 Å². The van der Waals surface area contributed by atoms with Crippen molar-refractivity contribution in [1.82, 2.24) is 24.8 Å². The highest BCUT2D eigenvalue weighted by atomic mass is 35.5.